The molecule has 30 heavy (non-hydrogen) atoms. The zero-order chi connectivity index (χ0) is 22.4. The highest BCUT2D eigenvalue weighted by Crippen LogP contribution is 2.18. The highest BCUT2D eigenvalue weighted by atomic mass is 79.9. The summed E-state index contributed by atoms with van der Waals surface area (Å²) in [5, 5.41) is 8.03. The van der Waals surface area contributed by atoms with Crippen molar-refractivity contribution >= 4 is 51.0 Å². The number of aryl methyl sites for hydroxylation is 2. The molecule has 0 radical (unpaired) electrons. The molecule has 160 valence electrons. The van der Waals surface area contributed by atoms with E-state index in [0.29, 0.717) is 22.8 Å². The number of nitrogens with two attached hydrogens (primary N) is 2. The monoisotopic (exact) mass is 478 g/mol. The van der Waals surface area contributed by atoms with Crippen LogP contribution in [0.4, 0.5) is 11.4 Å². The second-order valence-electron chi connectivity index (χ2n) is 6.33. The minimum absolute atomic E-state index is 0.0476. The van der Waals surface area contributed by atoms with Crippen molar-refractivity contribution in [3.63, 3.8) is 0 Å². The summed E-state index contributed by atoms with van der Waals surface area (Å²) >= 11 is 3.00. The maximum Gasteiger partial charge on any atom is 0.272 e. The zero-order valence-corrected chi connectivity index (χ0v) is 18.1. The Kier molecular flexibility index (Phi) is 7.42. The third-order valence-electron chi connectivity index (χ3n) is 3.93. The Hall–Kier alpha value is -3.54. The van der Waals surface area contributed by atoms with Crippen molar-refractivity contribution in [2.75, 3.05) is 23.7 Å². The first-order chi connectivity index (χ1) is 14.1. The SMILES string of the molecule is C=C(Br)C(=O)Nc1cc(C(=O)Nc2cc(C(=O)NCCN=C(N)N)n(C)c2)n(C)c1. The van der Waals surface area contributed by atoms with Crippen molar-refractivity contribution in [1.82, 2.24) is 14.5 Å². The molecular weight excluding hydrogens is 456 g/mol. The lowest BCUT2D eigenvalue weighted by Gasteiger charge is -2.04. The molecule has 0 aliphatic heterocycles. The summed E-state index contributed by atoms with van der Waals surface area (Å²) in [7, 11) is 3.36. The molecule has 0 aromatic carbocycles. The van der Waals surface area contributed by atoms with Crippen molar-refractivity contribution in [3.05, 3.63) is 47.0 Å². The number of aromatic nitrogens is 2. The molecule has 11 nitrogen and oxygen atoms in total. The topological polar surface area (TPSA) is 162 Å². The Morgan fingerprint density at radius 1 is 1.03 bits per heavy atom. The summed E-state index contributed by atoms with van der Waals surface area (Å²) < 4.78 is 3.33. The fraction of sp³-hybridized carbons (Fsp3) is 0.222. The number of nitrogens with one attached hydrogen (secondary N) is 3. The average molecular weight is 479 g/mol. The van der Waals surface area contributed by atoms with Gasteiger partial charge in [-0.2, -0.15) is 0 Å². The van der Waals surface area contributed by atoms with Crippen LogP contribution in [0.15, 0.2) is 40.6 Å². The van der Waals surface area contributed by atoms with Crippen LogP contribution in [0.1, 0.15) is 21.0 Å². The molecule has 12 heteroatoms. The van der Waals surface area contributed by atoms with Gasteiger partial charge in [-0.25, -0.2) is 0 Å². The molecular formula is C18H23BrN8O3. The second kappa shape index (κ2) is 9.78. The lowest BCUT2D eigenvalue weighted by Crippen LogP contribution is -2.29. The highest BCUT2D eigenvalue weighted by Gasteiger charge is 2.17. The smallest absolute Gasteiger partial charge is 0.272 e. The summed E-state index contributed by atoms with van der Waals surface area (Å²) in [5.41, 5.74) is 12.0. The van der Waals surface area contributed by atoms with E-state index in [2.05, 4.69) is 43.5 Å². The van der Waals surface area contributed by atoms with Crippen LogP contribution in [0.5, 0.6) is 0 Å². The predicted octanol–water partition coefficient (Wildman–Crippen LogP) is 0.466. The van der Waals surface area contributed by atoms with Gasteiger partial charge in [0.2, 0.25) is 0 Å². The lowest BCUT2D eigenvalue weighted by molar-refractivity contribution is -0.112. The lowest BCUT2D eigenvalue weighted by atomic mass is 10.3. The largest absolute Gasteiger partial charge is 0.370 e. The Morgan fingerprint density at radius 2 is 1.57 bits per heavy atom. The molecule has 2 aromatic heterocycles. The number of aliphatic imine (C=N–C) groups is 1. The van der Waals surface area contributed by atoms with Crippen molar-refractivity contribution < 1.29 is 14.4 Å². The van der Waals surface area contributed by atoms with Gasteiger partial charge >= 0.3 is 0 Å². The molecule has 0 atom stereocenters. The summed E-state index contributed by atoms with van der Waals surface area (Å²) in [6.07, 6.45) is 3.21. The minimum Gasteiger partial charge on any atom is -0.370 e. The summed E-state index contributed by atoms with van der Waals surface area (Å²) in [6, 6.07) is 3.08. The van der Waals surface area contributed by atoms with E-state index in [0.717, 1.165) is 0 Å². The summed E-state index contributed by atoms with van der Waals surface area (Å²) in [5.74, 6) is -1.19. The second-order valence-corrected chi connectivity index (χ2v) is 7.28. The van der Waals surface area contributed by atoms with E-state index in [9.17, 15) is 14.4 Å². The van der Waals surface area contributed by atoms with Crippen LogP contribution in [-0.2, 0) is 18.9 Å². The molecule has 0 aliphatic rings. The third kappa shape index (κ3) is 5.98. The fourth-order valence-corrected chi connectivity index (χ4v) is 2.66. The van der Waals surface area contributed by atoms with Gasteiger partial charge in [0, 0.05) is 33.0 Å². The number of anilines is 2. The molecule has 0 saturated heterocycles. The number of guanidine groups is 1. The van der Waals surface area contributed by atoms with E-state index in [1.54, 1.807) is 41.7 Å². The molecule has 0 saturated carbocycles. The fourth-order valence-electron chi connectivity index (χ4n) is 2.56. The van der Waals surface area contributed by atoms with Crippen molar-refractivity contribution in [2.24, 2.45) is 30.6 Å². The van der Waals surface area contributed by atoms with Gasteiger partial charge in [-0.1, -0.05) is 6.58 Å². The number of carbonyl (C=O) groups is 3. The molecule has 0 bridgehead atoms. The van der Waals surface area contributed by atoms with Gasteiger partial charge in [0.1, 0.15) is 11.4 Å². The molecule has 7 N–H and O–H groups in total. The number of nitrogens with zero attached hydrogens (tertiary/aromatic N) is 3. The Morgan fingerprint density at radius 3 is 2.10 bits per heavy atom. The van der Waals surface area contributed by atoms with E-state index in [-0.39, 0.29) is 29.4 Å². The summed E-state index contributed by atoms with van der Waals surface area (Å²) in [4.78, 5) is 40.4. The van der Waals surface area contributed by atoms with Gasteiger partial charge in [0.15, 0.2) is 5.96 Å². The maximum absolute atomic E-state index is 12.6. The molecule has 2 heterocycles. The first kappa shape index (κ1) is 22.7. The van der Waals surface area contributed by atoms with E-state index >= 15 is 0 Å². The Bertz CT molecular complexity index is 1020. The van der Waals surface area contributed by atoms with Crippen LogP contribution in [0.3, 0.4) is 0 Å². The van der Waals surface area contributed by atoms with Gasteiger partial charge in [-0.15, -0.1) is 0 Å². The van der Waals surface area contributed by atoms with Gasteiger partial charge in [-0.05, 0) is 28.1 Å². The minimum atomic E-state index is -0.411. The molecule has 0 fully saturated rings. The van der Waals surface area contributed by atoms with Gasteiger partial charge < -0.3 is 36.6 Å². The van der Waals surface area contributed by atoms with Crippen LogP contribution in [0, 0.1) is 0 Å². The van der Waals surface area contributed by atoms with E-state index in [4.69, 9.17) is 11.5 Å². The quantitative estimate of drug-likeness (QED) is 0.161. The number of rotatable bonds is 8. The number of carbonyl (C=O) groups excluding carboxylic acids is 3. The van der Waals surface area contributed by atoms with Crippen molar-refractivity contribution in [3.8, 4) is 0 Å². The van der Waals surface area contributed by atoms with Crippen LogP contribution in [0.2, 0.25) is 0 Å². The standard InChI is InChI=1S/C18H23BrN8O3/c1-10(19)15(28)24-11-7-14(27(3)8-11)17(30)25-12-6-13(26(2)9-12)16(29)22-4-5-23-18(20)21/h6-9H,1,4-5H2,2-3H3,(H,22,29)(H,24,28)(H,25,30)(H4,20,21,23). The van der Waals surface area contributed by atoms with Gasteiger partial charge in [-0.3, -0.25) is 19.4 Å². The van der Waals surface area contributed by atoms with Gasteiger partial charge in [0.05, 0.1) is 22.4 Å². The Balaban J connectivity index is 2.04. The highest BCUT2D eigenvalue weighted by molar-refractivity contribution is 9.12. The first-order valence-corrected chi connectivity index (χ1v) is 9.51. The van der Waals surface area contributed by atoms with Gasteiger partial charge in [0.25, 0.3) is 17.7 Å². The van der Waals surface area contributed by atoms with E-state index in [1.807, 2.05) is 0 Å². The molecule has 3 amide bonds. The van der Waals surface area contributed by atoms with Crippen LogP contribution >= 0.6 is 15.9 Å². The van der Waals surface area contributed by atoms with E-state index in [1.165, 1.54) is 6.07 Å². The molecule has 0 aliphatic carbocycles. The van der Waals surface area contributed by atoms with Crippen LogP contribution < -0.4 is 27.4 Å². The average Bonchev–Trinajstić information content (AvgIpc) is 3.20. The summed E-state index contributed by atoms with van der Waals surface area (Å²) in [6.45, 7) is 4.02. The maximum atomic E-state index is 12.6. The number of halogens is 1. The van der Waals surface area contributed by atoms with E-state index < -0.39 is 11.8 Å². The van der Waals surface area contributed by atoms with Crippen molar-refractivity contribution in [1.29, 1.82) is 0 Å². The first-order valence-electron chi connectivity index (χ1n) is 8.72. The zero-order valence-electron chi connectivity index (χ0n) is 16.5. The van der Waals surface area contributed by atoms with Crippen LogP contribution in [-0.4, -0.2) is 45.9 Å². The molecule has 2 aromatic rings. The third-order valence-corrected chi connectivity index (χ3v) is 4.29. The van der Waals surface area contributed by atoms with Crippen LogP contribution in [0.25, 0.3) is 0 Å². The molecule has 2 rings (SSSR count). The molecule has 0 unspecified atom stereocenters. The number of hydrogen-bond donors (Lipinski definition) is 5. The molecule has 0 spiro atoms. The number of hydrogen-bond acceptors (Lipinski definition) is 4. The number of amides is 3. The normalized spacial score (nSPS) is 10.2. The Labute approximate surface area is 181 Å². The van der Waals surface area contributed by atoms with Crippen molar-refractivity contribution in [2.45, 2.75) is 0 Å². The predicted molar refractivity (Wildman–Crippen MR) is 118 cm³/mol.